The lowest BCUT2D eigenvalue weighted by Gasteiger charge is -2.25. The molecule has 0 bridgehead atoms. The number of hydrogen-bond donors (Lipinski definition) is 2. The van der Waals surface area contributed by atoms with Crippen molar-refractivity contribution in [2.24, 2.45) is 0 Å². The average molecular weight is 502 g/mol. The lowest BCUT2D eigenvalue weighted by atomic mass is 9.99. The van der Waals surface area contributed by atoms with Crippen molar-refractivity contribution in [3.63, 3.8) is 0 Å². The van der Waals surface area contributed by atoms with Gasteiger partial charge in [0.1, 0.15) is 5.82 Å². The molecule has 2 aromatic heterocycles. The highest BCUT2D eigenvalue weighted by Gasteiger charge is 2.31. The van der Waals surface area contributed by atoms with Crippen LogP contribution >= 0.6 is 11.6 Å². The first-order chi connectivity index (χ1) is 16.6. The Bertz CT molecular complexity index is 1520. The topological polar surface area (TPSA) is 102 Å². The molecule has 4 aromatic rings. The summed E-state index contributed by atoms with van der Waals surface area (Å²) in [5.41, 5.74) is 7.28. The Kier molecular flexibility index (Phi) is 5.60. The fraction of sp³-hybridized carbons (Fsp3) is 0.217. The number of likely N-dealkylation sites (N-methyl/N-ethyl adjacent to an activating group) is 1. The number of benzene rings is 2. The van der Waals surface area contributed by atoms with Gasteiger partial charge in [0.25, 0.3) is 0 Å². The van der Waals surface area contributed by atoms with E-state index in [4.69, 9.17) is 17.3 Å². The molecule has 0 saturated carbocycles. The maximum Gasteiger partial charge on any atom is 0.416 e. The van der Waals surface area contributed by atoms with E-state index in [-0.39, 0.29) is 33.5 Å². The molecule has 0 unspecified atom stereocenters. The first-order valence-electron chi connectivity index (χ1n) is 10.6. The van der Waals surface area contributed by atoms with E-state index in [9.17, 15) is 18.0 Å². The summed E-state index contributed by atoms with van der Waals surface area (Å²) in [6, 6.07) is 8.62. The third kappa shape index (κ3) is 4.40. The van der Waals surface area contributed by atoms with E-state index in [0.717, 1.165) is 48.0 Å². The second-order valence-electron chi connectivity index (χ2n) is 8.31. The Balaban J connectivity index is 1.53. The Morgan fingerprint density at radius 1 is 1.11 bits per heavy atom. The highest BCUT2D eigenvalue weighted by Crippen LogP contribution is 2.34. The fourth-order valence-electron chi connectivity index (χ4n) is 4.06. The van der Waals surface area contributed by atoms with E-state index < -0.39 is 17.4 Å². The number of rotatable bonds is 3. The van der Waals surface area contributed by atoms with Crippen molar-refractivity contribution in [3.8, 4) is 5.69 Å². The quantitative estimate of drug-likeness (QED) is 0.434. The maximum atomic E-state index is 13.2. The maximum absolute atomic E-state index is 13.2. The minimum absolute atomic E-state index is 0.00189. The van der Waals surface area contributed by atoms with Gasteiger partial charge >= 0.3 is 11.9 Å². The molecule has 8 nitrogen and oxygen atoms in total. The largest absolute Gasteiger partial charge is 0.416 e. The van der Waals surface area contributed by atoms with Gasteiger partial charge in [-0.25, -0.2) is 14.3 Å². The van der Waals surface area contributed by atoms with Crippen molar-refractivity contribution >= 4 is 40.1 Å². The second kappa shape index (κ2) is 8.51. The van der Waals surface area contributed by atoms with Crippen molar-refractivity contribution in [2.75, 3.05) is 24.6 Å². The van der Waals surface area contributed by atoms with Gasteiger partial charge in [-0.2, -0.15) is 23.1 Å². The average Bonchev–Trinajstić information content (AvgIpc) is 2.79. The van der Waals surface area contributed by atoms with Gasteiger partial charge in [-0.05, 0) is 54.9 Å². The SMILES string of the molecule is CN1CCc2ccc(Nc3ncc4c(N)n(-c5cc(C(F)(F)F)ccc5Cl)c(=O)nc4n3)cc2C1. The predicted octanol–water partition coefficient (Wildman–Crippen LogP) is 4.16. The first-order valence-corrected chi connectivity index (χ1v) is 11.0. The third-order valence-corrected chi connectivity index (χ3v) is 6.18. The molecule has 3 heterocycles. The summed E-state index contributed by atoms with van der Waals surface area (Å²) in [6.07, 6.45) is -2.29. The van der Waals surface area contributed by atoms with Crippen LogP contribution in [0.2, 0.25) is 5.02 Å². The van der Waals surface area contributed by atoms with Gasteiger partial charge in [0, 0.05) is 25.0 Å². The highest BCUT2D eigenvalue weighted by atomic mass is 35.5. The van der Waals surface area contributed by atoms with E-state index in [1.165, 1.54) is 17.3 Å². The van der Waals surface area contributed by atoms with Gasteiger partial charge in [-0.15, -0.1) is 0 Å². The van der Waals surface area contributed by atoms with Crippen LogP contribution in [0.1, 0.15) is 16.7 Å². The molecule has 0 atom stereocenters. The minimum Gasteiger partial charge on any atom is -0.384 e. The number of nitrogens with zero attached hydrogens (tertiary/aromatic N) is 5. The Morgan fingerprint density at radius 3 is 2.69 bits per heavy atom. The predicted molar refractivity (Wildman–Crippen MR) is 127 cm³/mol. The number of nitrogens with one attached hydrogen (secondary N) is 1. The number of alkyl halides is 3. The number of anilines is 3. The highest BCUT2D eigenvalue weighted by molar-refractivity contribution is 6.32. The van der Waals surface area contributed by atoms with Gasteiger partial charge in [0.05, 0.1) is 21.7 Å². The van der Waals surface area contributed by atoms with Gasteiger partial charge in [-0.3, -0.25) is 0 Å². The van der Waals surface area contributed by atoms with E-state index >= 15 is 0 Å². The van der Waals surface area contributed by atoms with Crippen molar-refractivity contribution in [1.29, 1.82) is 0 Å². The monoisotopic (exact) mass is 501 g/mol. The van der Waals surface area contributed by atoms with Crippen LogP contribution in [-0.4, -0.2) is 38.0 Å². The molecule has 0 amide bonds. The molecule has 35 heavy (non-hydrogen) atoms. The molecule has 5 rings (SSSR count). The Labute approximate surface area is 202 Å². The molecule has 2 aromatic carbocycles. The summed E-state index contributed by atoms with van der Waals surface area (Å²) in [5.74, 6) is 0.0207. The molecule has 0 aliphatic carbocycles. The lowest BCUT2D eigenvalue weighted by molar-refractivity contribution is -0.137. The molecule has 0 fully saturated rings. The normalized spacial score (nSPS) is 14.2. The summed E-state index contributed by atoms with van der Waals surface area (Å²) in [7, 11) is 2.06. The minimum atomic E-state index is -4.63. The summed E-state index contributed by atoms with van der Waals surface area (Å²) < 4.78 is 40.4. The zero-order valence-corrected chi connectivity index (χ0v) is 19.2. The molecule has 0 spiro atoms. The molecule has 1 aliphatic rings. The fourth-order valence-corrected chi connectivity index (χ4v) is 4.26. The smallest absolute Gasteiger partial charge is 0.384 e. The third-order valence-electron chi connectivity index (χ3n) is 5.86. The van der Waals surface area contributed by atoms with Gasteiger partial charge < -0.3 is 16.0 Å². The molecule has 3 N–H and O–H groups in total. The number of hydrogen-bond acceptors (Lipinski definition) is 7. The Hall–Kier alpha value is -3.70. The van der Waals surface area contributed by atoms with Crippen LogP contribution in [0.25, 0.3) is 16.7 Å². The standard InChI is InChI=1S/C23H19ClF3N7O/c1-33-7-6-12-2-4-15(8-13(12)11-33)30-21-29-10-16-19(28)34(22(35)32-20(16)31-21)18-9-14(23(25,26)27)3-5-17(18)24/h2-5,8-10H,6-7,11,28H2,1H3,(H,30,31,32,35). The van der Waals surface area contributed by atoms with Gasteiger partial charge in [-0.1, -0.05) is 17.7 Å². The van der Waals surface area contributed by atoms with E-state index in [1.807, 2.05) is 12.1 Å². The van der Waals surface area contributed by atoms with Crippen LogP contribution in [-0.2, 0) is 19.1 Å². The van der Waals surface area contributed by atoms with Crippen LogP contribution < -0.4 is 16.7 Å². The molecule has 0 radical (unpaired) electrons. The van der Waals surface area contributed by atoms with Crippen LogP contribution in [0.5, 0.6) is 0 Å². The molecule has 180 valence electrons. The van der Waals surface area contributed by atoms with Crippen molar-refractivity contribution in [3.05, 3.63) is 74.8 Å². The van der Waals surface area contributed by atoms with Crippen LogP contribution in [0, 0.1) is 0 Å². The summed E-state index contributed by atoms with van der Waals surface area (Å²) in [4.78, 5) is 27.5. The van der Waals surface area contributed by atoms with E-state index in [2.05, 4.69) is 38.3 Å². The number of nitrogens with two attached hydrogens (primary N) is 1. The summed E-state index contributed by atoms with van der Waals surface area (Å²) in [5, 5.41) is 3.20. The van der Waals surface area contributed by atoms with Crippen LogP contribution in [0.15, 0.2) is 47.4 Å². The molecule has 12 heteroatoms. The van der Waals surface area contributed by atoms with E-state index in [1.54, 1.807) is 0 Å². The lowest BCUT2D eigenvalue weighted by Crippen LogP contribution is -2.26. The zero-order valence-electron chi connectivity index (χ0n) is 18.4. The first kappa shape index (κ1) is 23.1. The van der Waals surface area contributed by atoms with Gasteiger partial charge in [0.2, 0.25) is 5.95 Å². The molecule has 1 aliphatic heterocycles. The van der Waals surface area contributed by atoms with Crippen molar-refractivity contribution in [1.82, 2.24) is 24.4 Å². The molecule has 0 saturated heterocycles. The van der Waals surface area contributed by atoms with Crippen molar-refractivity contribution < 1.29 is 13.2 Å². The summed E-state index contributed by atoms with van der Waals surface area (Å²) >= 11 is 6.10. The zero-order chi connectivity index (χ0) is 24.9. The van der Waals surface area contributed by atoms with E-state index in [0.29, 0.717) is 0 Å². The summed E-state index contributed by atoms with van der Waals surface area (Å²) in [6.45, 7) is 1.84. The second-order valence-corrected chi connectivity index (χ2v) is 8.71. The van der Waals surface area contributed by atoms with Crippen molar-refractivity contribution in [2.45, 2.75) is 19.1 Å². The number of nitrogen functional groups attached to an aromatic ring is 1. The number of halogens is 4. The number of fused-ring (bicyclic) bond motifs is 2. The van der Waals surface area contributed by atoms with Crippen LogP contribution in [0.4, 0.5) is 30.6 Å². The van der Waals surface area contributed by atoms with Gasteiger partial charge in [0.15, 0.2) is 5.65 Å². The van der Waals surface area contributed by atoms with Crippen LogP contribution in [0.3, 0.4) is 0 Å². The molecular formula is C23H19ClF3N7O. The molecular weight excluding hydrogens is 483 g/mol. The number of aromatic nitrogens is 4. The Morgan fingerprint density at radius 2 is 1.91 bits per heavy atom.